The quantitative estimate of drug-likeness (QED) is 0.494. The van der Waals surface area contributed by atoms with Crippen LogP contribution in [0.15, 0.2) is 72.8 Å². The Labute approximate surface area is 179 Å². The van der Waals surface area contributed by atoms with Gasteiger partial charge in [0.15, 0.2) is 5.60 Å². The number of hydrogen-bond donors (Lipinski definition) is 2. The Hall–Kier alpha value is -3.08. The minimum atomic E-state index is -1.79. The molecule has 0 fully saturated rings. The summed E-state index contributed by atoms with van der Waals surface area (Å²) in [6.45, 7) is 2.36. The lowest BCUT2D eigenvalue weighted by Crippen LogP contribution is -2.42. The average molecular weight is 417 g/mol. The van der Waals surface area contributed by atoms with Crippen LogP contribution in [-0.2, 0) is 16.8 Å². The summed E-state index contributed by atoms with van der Waals surface area (Å²) in [6, 6.07) is 23.0. The number of aromatic amines is 1. The van der Waals surface area contributed by atoms with E-state index in [0.717, 1.165) is 22.2 Å². The maximum atomic E-state index is 13.7. The standard InChI is InChI=1S/C25H21ClN2O2/c1-16-23(19-9-5-6-10-21(19)27-16)25(30)20-15-18(26)11-12-22(20)28(24(25)29)14-13-17-7-3-2-4-8-17/h2-12,15,27,30H,13-14H2,1H3/t25-/m0/s1. The Balaban J connectivity index is 1.65. The minimum absolute atomic E-state index is 0.344. The zero-order valence-corrected chi connectivity index (χ0v) is 17.3. The van der Waals surface area contributed by atoms with Crippen LogP contribution in [-0.4, -0.2) is 22.5 Å². The summed E-state index contributed by atoms with van der Waals surface area (Å²) in [7, 11) is 0. The highest BCUT2D eigenvalue weighted by Crippen LogP contribution is 2.48. The van der Waals surface area contributed by atoms with Crippen LogP contribution in [0.4, 0.5) is 5.69 Å². The maximum absolute atomic E-state index is 13.7. The van der Waals surface area contributed by atoms with Gasteiger partial charge in [0.25, 0.3) is 5.91 Å². The van der Waals surface area contributed by atoms with Gasteiger partial charge in [0.05, 0.1) is 5.69 Å². The number of carbonyl (C=O) groups is 1. The molecule has 0 bridgehead atoms. The first kappa shape index (κ1) is 18.9. The normalized spacial score (nSPS) is 18.2. The number of benzene rings is 3. The van der Waals surface area contributed by atoms with Crippen molar-refractivity contribution in [2.45, 2.75) is 18.9 Å². The van der Waals surface area contributed by atoms with Crippen LogP contribution < -0.4 is 4.90 Å². The van der Waals surface area contributed by atoms with Crippen molar-refractivity contribution in [1.82, 2.24) is 4.98 Å². The molecule has 30 heavy (non-hydrogen) atoms. The number of hydrogen-bond acceptors (Lipinski definition) is 2. The van der Waals surface area contributed by atoms with Crippen molar-refractivity contribution in [2.24, 2.45) is 0 Å². The van der Waals surface area contributed by atoms with E-state index in [1.807, 2.05) is 67.6 Å². The number of aryl methyl sites for hydroxylation is 1. The molecular weight excluding hydrogens is 396 g/mol. The minimum Gasteiger partial charge on any atom is -0.372 e. The molecule has 1 aliphatic heterocycles. The first-order chi connectivity index (χ1) is 14.5. The first-order valence-electron chi connectivity index (χ1n) is 9.96. The molecule has 5 heteroatoms. The third-order valence-corrected chi connectivity index (χ3v) is 6.15. The lowest BCUT2D eigenvalue weighted by atomic mass is 9.85. The molecule has 5 rings (SSSR count). The van der Waals surface area contributed by atoms with Gasteiger partial charge < -0.3 is 15.0 Å². The van der Waals surface area contributed by atoms with Crippen molar-refractivity contribution in [3.05, 3.63) is 100 Å². The number of nitrogens with one attached hydrogen (secondary N) is 1. The van der Waals surface area contributed by atoms with Crippen molar-refractivity contribution in [3.8, 4) is 0 Å². The van der Waals surface area contributed by atoms with Gasteiger partial charge in [-0.25, -0.2) is 0 Å². The second kappa shape index (κ2) is 7.01. The Morgan fingerprint density at radius 1 is 1.03 bits per heavy atom. The van der Waals surface area contributed by atoms with E-state index in [4.69, 9.17) is 11.6 Å². The van der Waals surface area contributed by atoms with Gasteiger partial charge in [-0.1, -0.05) is 60.1 Å². The van der Waals surface area contributed by atoms with E-state index < -0.39 is 5.60 Å². The summed E-state index contributed by atoms with van der Waals surface area (Å²) in [5, 5.41) is 13.3. The fraction of sp³-hybridized carbons (Fsp3) is 0.160. The highest BCUT2D eigenvalue weighted by molar-refractivity contribution is 6.31. The number of para-hydroxylation sites is 1. The molecule has 0 aliphatic carbocycles. The molecule has 0 unspecified atom stereocenters. The van der Waals surface area contributed by atoms with Crippen LogP contribution in [0.1, 0.15) is 22.4 Å². The molecule has 0 saturated carbocycles. The van der Waals surface area contributed by atoms with Crippen LogP contribution in [0.3, 0.4) is 0 Å². The van der Waals surface area contributed by atoms with Gasteiger partial charge in [-0.05, 0) is 43.2 Å². The fourth-order valence-corrected chi connectivity index (χ4v) is 4.72. The highest BCUT2D eigenvalue weighted by atomic mass is 35.5. The number of aliphatic hydroxyl groups is 1. The largest absolute Gasteiger partial charge is 0.372 e. The highest BCUT2D eigenvalue weighted by Gasteiger charge is 2.52. The summed E-state index contributed by atoms with van der Waals surface area (Å²) in [5.41, 5.74) is 2.82. The first-order valence-corrected chi connectivity index (χ1v) is 10.3. The number of aromatic nitrogens is 1. The van der Waals surface area contributed by atoms with Gasteiger partial charge in [-0.15, -0.1) is 0 Å². The summed E-state index contributed by atoms with van der Waals surface area (Å²) >= 11 is 6.29. The van der Waals surface area contributed by atoms with Gasteiger partial charge in [0, 0.05) is 39.3 Å². The van der Waals surface area contributed by atoms with E-state index in [1.165, 1.54) is 0 Å². The van der Waals surface area contributed by atoms with Crippen LogP contribution in [0, 0.1) is 6.92 Å². The number of rotatable bonds is 4. The second-order valence-electron chi connectivity index (χ2n) is 7.73. The topological polar surface area (TPSA) is 56.3 Å². The molecule has 1 atom stereocenters. The van der Waals surface area contributed by atoms with E-state index in [2.05, 4.69) is 4.98 Å². The van der Waals surface area contributed by atoms with E-state index >= 15 is 0 Å². The molecule has 4 aromatic rings. The molecule has 2 N–H and O–H groups in total. The zero-order chi connectivity index (χ0) is 20.9. The lowest BCUT2D eigenvalue weighted by Gasteiger charge is -2.24. The predicted molar refractivity (Wildman–Crippen MR) is 120 cm³/mol. The number of amides is 1. The van der Waals surface area contributed by atoms with Crippen molar-refractivity contribution in [3.63, 3.8) is 0 Å². The number of carbonyl (C=O) groups excluding carboxylic acids is 1. The lowest BCUT2D eigenvalue weighted by molar-refractivity contribution is -0.132. The Kier molecular flexibility index (Phi) is 4.42. The molecule has 150 valence electrons. The summed E-state index contributed by atoms with van der Waals surface area (Å²) < 4.78 is 0. The van der Waals surface area contributed by atoms with Gasteiger partial charge in [0.1, 0.15) is 0 Å². The third kappa shape index (κ3) is 2.76. The third-order valence-electron chi connectivity index (χ3n) is 5.92. The van der Waals surface area contributed by atoms with E-state index in [9.17, 15) is 9.90 Å². The van der Waals surface area contributed by atoms with Crippen LogP contribution in [0.25, 0.3) is 10.9 Å². The van der Waals surface area contributed by atoms with E-state index in [1.54, 1.807) is 17.0 Å². The molecule has 3 aromatic carbocycles. The number of halogens is 1. The monoisotopic (exact) mass is 416 g/mol. The van der Waals surface area contributed by atoms with Gasteiger partial charge >= 0.3 is 0 Å². The SMILES string of the molecule is Cc1[nH]c2ccccc2c1[C@]1(O)C(=O)N(CCc2ccccc2)c2ccc(Cl)cc21. The van der Waals surface area contributed by atoms with Crippen LogP contribution >= 0.6 is 11.6 Å². The van der Waals surface area contributed by atoms with Crippen LogP contribution in [0.5, 0.6) is 0 Å². The van der Waals surface area contributed by atoms with E-state index in [-0.39, 0.29) is 5.91 Å². The summed E-state index contributed by atoms with van der Waals surface area (Å²) in [6.07, 6.45) is 0.692. The maximum Gasteiger partial charge on any atom is 0.268 e. The predicted octanol–water partition coefficient (Wildman–Crippen LogP) is 4.95. The molecule has 0 spiro atoms. The molecule has 1 amide bonds. The number of anilines is 1. The van der Waals surface area contributed by atoms with Crippen LogP contribution in [0.2, 0.25) is 5.02 Å². The molecule has 1 aliphatic rings. The van der Waals surface area contributed by atoms with Crippen molar-refractivity contribution < 1.29 is 9.90 Å². The molecular formula is C25H21ClN2O2. The Bertz CT molecular complexity index is 1260. The Morgan fingerprint density at radius 3 is 2.57 bits per heavy atom. The van der Waals surface area contributed by atoms with Crippen molar-refractivity contribution >= 4 is 34.1 Å². The molecule has 4 nitrogen and oxygen atoms in total. The molecule has 1 aromatic heterocycles. The zero-order valence-electron chi connectivity index (χ0n) is 16.5. The average Bonchev–Trinajstić information content (AvgIpc) is 3.19. The Morgan fingerprint density at radius 2 is 1.77 bits per heavy atom. The van der Waals surface area contributed by atoms with Gasteiger partial charge in [-0.2, -0.15) is 0 Å². The fourth-order valence-electron chi connectivity index (χ4n) is 4.55. The summed E-state index contributed by atoms with van der Waals surface area (Å²) in [4.78, 5) is 18.7. The van der Waals surface area contributed by atoms with Crippen molar-refractivity contribution in [2.75, 3.05) is 11.4 Å². The van der Waals surface area contributed by atoms with Gasteiger partial charge in [0.2, 0.25) is 0 Å². The number of nitrogens with zero attached hydrogens (tertiary/aromatic N) is 1. The van der Waals surface area contributed by atoms with Crippen molar-refractivity contribution in [1.29, 1.82) is 0 Å². The van der Waals surface area contributed by atoms with Gasteiger partial charge in [-0.3, -0.25) is 4.79 Å². The molecule has 0 radical (unpaired) electrons. The molecule has 0 saturated heterocycles. The second-order valence-corrected chi connectivity index (χ2v) is 8.17. The van der Waals surface area contributed by atoms with E-state index in [0.29, 0.717) is 34.8 Å². The summed E-state index contributed by atoms with van der Waals surface area (Å²) in [5.74, 6) is -0.344. The number of H-pyrrole nitrogens is 1. The molecule has 2 heterocycles. The number of fused-ring (bicyclic) bond motifs is 2. The smallest absolute Gasteiger partial charge is 0.268 e.